The van der Waals surface area contributed by atoms with Crippen molar-refractivity contribution in [3.05, 3.63) is 0 Å². The summed E-state index contributed by atoms with van der Waals surface area (Å²) < 4.78 is 39.2. The minimum atomic E-state index is -4.37. The molecule has 0 radical (unpaired) electrons. The number of hydrogen-bond donors (Lipinski definition) is 2. The molecule has 4 nitrogen and oxygen atoms in total. The van der Waals surface area contributed by atoms with E-state index in [2.05, 4.69) is 4.74 Å². The molecule has 90 valence electrons. The van der Waals surface area contributed by atoms with Crippen molar-refractivity contribution >= 4 is 5.97 Å². The third-order valence-corrected chi connectivity index (χ3v) is 1.74. The molecule has 0 saturated carbocycles. The summed E-state index contributed by atoms with van der Waals surface area (Å²) in [6.07, 6.45) is -4.08. The number of halogens is 3. The number of carboxylic acids is 1. The largest absolute Gasteiger partial charge is 0.481 e. The van der Waals surface area contributed by atoms with Crippen LogP contribution in [-0.4, -0.2) is 37.0 Å². The molecule has 0 fully saturated rings. The highest BCUT2D eigenvalue weighted by atomic mass is 19.4. The van der Waals surface area contributed by atoms with Crippen molar-refractivity contribution < 1.29 is 27.8 Å². The molecule has 0 aromatic rings. The van der Waals surface area contributed by atoms with E-state index in [1.54, 1.807) is 0 Å². The summed E-state index contributed by atoms with van der Waals surface area (Å²) in [7, 11) is 0. The molecule has 0 aliphatic rings. The summed E-state index contributed by atoms with van der Waals surface area (Å²) in [5.74, 6) is -1.79. The summed E-state index contributed by atoms with van der Waals surface area (Å²) in [4.78, 5) is 10.5. The maximum absolute atomic E-state index is 11.6. The maximum atomic E-state index is 11.6. The molecule has 0 aromatic heterocycles. The number of alkyl halides is 3. The maximum Gasteiger partial charge on any atom is 0.411 e. The van der Waals surface area contributed by atoms with E-state index < -0.39 is 24.7 Å². The molecule has 1 atom stereocenters. The van der Waals surface area contributed by atoms with Crippen LogP contribution in [0.15, 0.2) is 0 Å². The van der Waals surface area contributed by atoms with Crippen LogP contribution in [0.2, 0.25) is 0 Å². The Bertz CT molecular complexity index is 196. The Labute approximate surface area is 85.2 Å². The average molecular weight is 229 g/mol. The van der Waals surface area contributed by atoms with Gasteiger partial charge in [-0.25, -0.2) is 0 Å². The number of ether oxygens (including phenoxy) is 1. The molecule has 0 rings (SSSR count). The predicted octanol–water partition coefficient (Wildman–Crippen LogP) is 1.01. The van der Waals surface area contributed by atoms with Crippen LogP contribution < -0.4 is 5.73 Å². The van der Waals surface area contributed by atoms with E-state index in [1.165, 1.54) is 0 Å². The Morgan fingerprint density at radius 3 is 2.40 bits per heavy atom. The molecule has 3 N–H and O–H groups in total. The van der Waals surface area contributed by atoms with E-state index in [1.807, 2.05) is 0 Å². The first kappa shape index (κ1) is 14.2. The topological polar surface area (TPSA) is 72.5 Å². The minimum absolute atomic E-state index is 0.0443. The molecule has 0 spiro atoms. The molecule has 0 heterocycles. The molecule has 7 heteroatoms. The average Bonchev–Trinajstić information content (AvgIpc) is 2.08. The van der Waals surface area contributed by atoms with Gasteiger partial charge < -0.3 is 15.6 Å². The standard InChI is InChI=1S/C8H14F3NO3/c9-8(10,11)5-15-4-2-6(1-3-12)7(13)14/h6H,1-5,12H2,(H,13,14). The lowest BCUT2D eigenvalue weighted by molar-refractivity contribution is -0.175. The van der Waals surface area contributed by atoms with Gasteiger partial charge in [-0.3, -0.25) is 4.79 Å². The minimum Gasteiger partial charge on any atom is -0.481 e. The van der Waals surface area contributed by atoms with Gasteiger partial charge in [0.05, 0.1) is 5.92 Å². The molecule has 15 heavy (non-hydrogen) atoms. The monoisotopic (exact) mass is 229 g/mol. The van der Waals surface area contributed by atoms with Crippen molar-refractivity contribution in [1.82, 2.24) is 0 Å². The number of carboxylic acid groups (broad SMARTS) is 1. The third-order valence-electron chi connectivity index (χ3n) is 1.74. The zero-order valence-electron chi connectivity index (χ0n) is 8.09. The third kappa shape index (κ3) is 8.19. The van der Waals surface area contributed by atoms with Gasteiger partial charge in [-0.2, -0.15) is 13.2 Å². The van der Waals surface area contributed by atoms with Gasteiger partial charge in [0.1, 0.15) is 6.61 Å². The lowest BCUT2D eigenvalue weighted by Gasteiger charge is -2.12. The van der Waals surface area contributed by atoms with Gasteiger partial charge >= 0.3 is 12.1 Å². The van der Waals surface area contributed by atoms with E-state index in [-0.39, 0.29) is 26.0 Å². The second-order valence-electron chi connectivity index (χ2n) is 3.07. The molecule has 0 amide bonds. The van der Waals surface area contributed by atoms with Crippen molar-refractivity contribution in [2.24, 2.45) is 11.7 Å². The van der Waals surface area contributed by atoms with Gasteiger partial charge in [0.2, 0.25) is 0 Å². The molecule has 0 saturated heterocycles. The highest BCUT2D eigenvalue weighted by molar-refractivity contribution is 5.69. The van der Waals surface area contributed by atoms with Gasteiger partial charge in [0, 0.05) is 6.61 Å². The van der Waals surface area contributed by atoms with E-state index in [0.717, 1.165) is 0 Å². The summed E-state index contributed by atoms with van der Waals surface area (Å²) in [5, 5.41) is 8.63. The highest BCUT2D eigenvalue weighted by Crippen LogP contribution is 2.15. The van der Waals surface area contributed by atoms with E-state index >= 15 is 0 Å². The first-order valence-electron chi connectivity index (χ1n) is 4.44. The smallest absolute Gasteiger partial charge is 0.411 e. The van der Waals surface area contributed by atoms with Gasteiger partial charge in [0.15, 0.2) is 0 Å². The quantitative estimate of drug-likeness (QED) is 0.639. The number of carbonyl (C=O) groups is 1. The van der Waals surface area contributed by atoms with Crippen LogP contribution >= 0.6 is 0 Å². The van der Waals surface area contributed by atoms with Crippen molar-refractivity contribution in [2.45, 2.75) is 19.0 Å². The Balaban J connectivity index is 3.67. The summed E-state index contributed by atoms with van der Waals surface area (Å²) >= 11 is 0. The summed E-state index contributed by atoms with van der Waals surface area (Å²) in [5.41, 5.74) is 5.16. The number of aliphatic carboxylic acids is 1. The summed E-state index contributed by atoms with van der Waals surface area (Å²) in [6, 6.07) is 0. The van der Waals surface area contributed by atoms with Gasteiger partial charge in [-0.1, -0.05) is 0 Å². The molecule has 0 aromatic carbocycles. The Morgan fingerprint density at radius 2 is 2.00 bits per heavy atom. The Morgan fingerprint density at radius 1 is 1.40 bits per heavy atom. The lowest BCUT2D eigenvalue weighted by Crippen LogP contribution is -2.22. The predicted molar refractivity (Wildman–Crippen MR) is 46.3 cm³/mol. The van der Waals surface area contributed by atoms with Gasteiger partial charge in [-0.15, -0.1) is 0 Å². The van der Waals surface area contributed by atoms with Crippen LogP contribution in [0, 0.1) is 5.92 Å². The fraction of sp³-hybridized carbons (Fsp3) is 0.875. The molecule has 0 aliphatic carbocycles. The van der Waals surface area contributed by atoms with Crippen molar-refractivity contribution in [3.63, 3.8) is 0 Å². The van der Waals surface area contributed by atoms with E-state index in [9.17, 15) is 18.0 Å². The second-order valence-corrected chi connectivity index (χ2v) is 3.07. The Hall–Kier alpha value is -0.820. The van der Waals surface area contributed by atoms with Crippen molar-refractivity contribution in [3.8, 4) is 0 Å². The zero-order chi connectivity index (χ0) is 11.9. The van der Waals surface area contributed by atoms with E-state index in [4.69, 9.17) is 10.8 Å². The van der Waals surface area contributed by atoms with Crippen molar-refractivity contribution in [2.75, 3.05) is 19.8 Å². The first-order valence-corrected chi connectivity index (χ1v) is 4.44. The van der Waals surface area contributed by atoms with E-state index in [0.29, 0.717) is 0 Å². The highest BCUT2D eigenvalue weighted by Gasteiger charge is 2.27. The van der Waals surface area contributed by atoms with Crippen molar-refractivity contribution in [1.29, 1.82) is 0 Å². The van der Waals surface area contributed by atoms with Gasteiger partial charge in [0.25, 0.3) is 0 Å². The lowest BCUT2D eigenvalue weighted by atomic mass is 10.0. The number of nitrogens with two attached hydrogens (primary N) is 1. The number of rotatable bonds is 7. The van der Waals surface area contributed by atoms with Gasteiger partial charge in [-0.05, 0) is 19.4 Å². The SMILES string of the molecule is NCCC(CCOCC(F)(F)F)C(=O)O. The Kier molecular flexibility index (Phi) is 6.26. The summed E-state index contributed by atoms with van der Waals surface area (Å²) in [6.45, 7) is -1.38. The van der Waals surface area contributed by atoms with Crippen LogP contribution in [0.4, 0.5) is 13.2 Å². The molecule has 0 aliphatic heterocycles. The normalized spacial score (nSPS) is 13.9. The van der Waals surface area contributed by atoms with Crippen LogP contribution in [0.3, 0.4) is 0 Å². The zero-order valence-corrected chi connectivity index (χ0v) is 8.09. The van der Waals surface area contributed by atoms with Crippen LogP contribution in [0.1, 0.15) is 12.8 Å². The van der Waals surface area contributed by atoms with Crippen LogP contribution in [-0.2, 0) is 9.53 Å². The second kappa shape index (κ2) is 6.62. The fourth-order valence-electron chi connectivity index (χ4n) is 1.01. The molecular formula is C8H14F3NO3. The first-order chi connectivity index (χ1) is 6.87. The number of hydrogen-bond acceptors (Lipinski definition) is 3. The fourth-order valence-corrected chi connectivity index (χ4v) is 1.01. The molecule has 0 bridgehead atoms. The molecular weight excluding hydrogens is 215 g/mol. The van der Waals surface area contributed by atoms with Crippen LogP contribution in [0.5, 0.6) is 0 Å². The van der Waals surface area contributed by atoms with Crippen LogP contribution in [0.25, 0.3) is 0 Å². The molecule has 1 unspecified atom stereocenters.